The van der Waals surface area contributed by atoms with E-state index >= 15 is 0 Å². The zero-order valence-electron chi connectivity index (χ0n) is 14.6. The summed E-state index contributed by atoms with van der Waals surface area (Å²) >= 11 is 4.30. The van der Waals surface area contributed by atoms with Crippen LogP contribution < -0.4 is 11.5 Å². The van der Waals surface area contributed by atoms with E-state index in [1.54, 1.807) is 0 Å². The Hall–Kier alpha value is -0.300. The number of hydrogen-bond donors (Lipinski definition) is 3. The summed E-state index contributed by atoms with van der Waals surface area (Å²) in [5.41, 5.74) is 11.0. The summed E-state index contributed by atoms with van der Waals surface area (Å²) in [7, 11) is 0. The van der Waals surface area contributed by atoms with Crippen molar-refractivity contribution in [2.45, 2.75) is 53.0 Å². The number of thiol groups is 1. The third-order valence-electron chi connectivity index (χ3n) is 3.29. The maximum atomic E-state index is 11.8. The second-order valence-electron chi connectivity index (χ2n) is 7.48. The van der Waals surface area contributed by atoms with Crippen LogP contribution in [0.2, 0.25) is 0 Å². The lowest BCUT2D eigenvalue weighted by molar-refractivity contribution is -0.150. The van der Waals surface area contributed by atoms with E-state index in [-0.39, 0.29) is 16.8 Å². The Morgan fingerprint density at radius 1 is 1.09 bits per heavy atom. The van der Waals surface area contributed by atoms with Gasteiger partial charge in [-0.2, -0.15) is 12.6 Å². The third-order valence-corrected chi connectivity index (χ3v) is 4.15. The topological polar surface area (TPSA) is 87.6 Å². The molecule has 0 aromatic rings. The molecule has 0 saturated carbocycles. The first-order valence-corrected chi connectivity index (χ1v) is 8.58. The summed E-state index contributed by atoms with van der Waals surface area (Å²) < 4.78 is 11.1. The van der Waals surface area contributed by atoms with Crippen molar-refractivity contribution in [3.8, 4) is 0 Å². The van der Waals surface area contributed by atoms with Gasteiger partial charge in [0.15, 0.2) is 0 Å². The lowest BCUT2D eigenvalue weighted by Crippen LogP contribution is -2.36. The lowest BCUT2D eigenvalue weighted by Gasteiger charge is -2.28. The first-order chi connectivity index (χ1) is 10.1. The fourth-order valence-electron chi connectivity index (χ4n) is 1.69. The SMILES string of the molecule is CC(C)(CS)COCC(C)(C)COC(=O)C(N)CCCCN. The Morgan fingerprint density at radius 3 is 2.23 bits per heavy atom. The number of carbonyl (C=O) groups excluding carboxylic acids is 1. The van der Waals surface area contributed by atoms with Crippen molar-refractivity contribution in [2.24, 2.45) is 22.3 Å². The highest BCUT2D eigenvalue weighted by molar-refractivity contribution is 7.80. The molecule has 0 heterocycles. The molecule has 5 nitrogen and oxygen atoms in total. The molecule has 1 unspecified atom stereocenters. The molecule has 0 radical (unpaired) electrons. The van der Waals surface area contributed by atoms with E-state index in [0.717, 1.165) is 18.6 Å². The average molecular weight is 335 g/mol. The molecule has 0 aliphatic carbocycles. The summed E-state index contributed by atoms with van der Waals surface area (Å²) in [6.45, 7) is 10.3. The molecule has 0 amide bonds. The van der Waals surface area contributed by atoms with Crippen molar-refractivity contribution in [1.82, 2.24) is 0 Å². The molecule has 0 aliphatic heterocycles. The van der Waals surface area contributed by atoms with Crippen LogP contribution in [0.1, 0.15) is 47.0 Å². The van der Waals surface area contributed by atoms with Gasteiger partial charge in [0.25, 0.3) is 0 Å². The minimum Gasteiger partial charge on any atom is -0.464 e. The monoisotopic (exact) mass is 334 g/mol. The van der Waals surface area contributed by atoms with Crippen LogP contribution in [-0.2, 0) is 14.3 Å². The van der Waals surface area contributed by atoms with E-state index in [1.165, 1.54) is 0 Å². The van der Waals surface area contributed by atoms with Crippen LogP contribution in [0.15, 0.2) is 0 Å². The fourth-order valence-corrected chi connectivity index (χ4v) is 1.78. The molecule has 0 aromatic heterocycles. The molecular weight excluding hydrogens is 300 g/mol. The van der Waals surface area contributed by atoms with Crippen LogP contribution in [0.3, 0.4) is 0 Å². The standard InChI is InChI=1S/C16H34N2O3S/c1-15(2,9-20-10-16(3,4)12-22)11-21-14(19)13(18)7-5-6-8-17/h13,22H,5-12,17-18H2,1-4H3. The largest absolute Gasteiger partial charge is 0.464 e. The number of carbonyl (C=O) groups is 1. The third kappa shape index (κ3) is 10.4. The molecule has 4 N–H and O–H groups in total. The summed E-state index contributed by atoms with van der Waals surface area (Å²) in [5, 5.41) is 0. The van der Waals surface area contributed by atoms with Crippen molar-refractivity contribution in [3.05, 3.63) is 0 Å². The number of esters is 1. The first-order valence-electron chi connectivity index (χ1n) is 7.94. The maximum Gasteiger partial charge on any atom is 0.322 e. The molecule has 6 heteroatoms. The molecule has 0 bridgehead atoms. The van der Waals surface area contributed by atoms with Gasteiger partial charge >= 0.3 is 5.97 Å². The van der Waals surface area contributed by atoms with Gasteiger partial charge in [-0.25, -0.2) is 0 Å². The Balaban J connectivity index is 4.02. The molecule has 132 valence electrons. The zero-order chi connectivity index (χ0) is 17.2. The molecule has 22 heavy (non-hydrogen) atoms. The molecule has 0 spiro atoms. The zero-order valence-corrected chi connectivity index (χ0v) is 15.5. The highest BCUT2D eigenvalue weighted by Gasteiger charge is 2.24. The number of ether oxygens (including phenoxy) is 2. The number of nitrogens with two attached hydrogens (primary N) is 2. The molecular formula is C16H34N2O3S. The van der Waals surface area contributed by atoms with E-state index < -0.39 is 6.04 Å². The summed E-state index contributed by atoms with van der Waals surface area (Å²) in [6.07, 6.45) is 2.34. The van der Waals surface area contributed by atoms with Crippen LogP contribution >= 0.6 is 12.6 Å². The fraction of sp³-hybridized carbons (Fsp3) is 0.938. The van der Waals surface area contributed by atoms with Crippen molar-refractivity contribution >= 4 is 18.6 Å². The maximum absolute atomic E-state index is 11.8. The minimum atomic E-state index is -0.564. The van der Waals surface area contributed by atoms with Crippen molar-refractivity contribution in [2.75, 3.05) is 32.1 Å². The second kappa shape index (κ2) is 10.5. The van der Waals surface area contributed by atoms with Gasteiger partial charge in [0.05, 0.1) is 19.8 Å². The Kier molecular flexibility index (Phi) is 10.3. The van der Waals surface area contributed by atoms with Gasteiger partial charge < -0.3 is 20.9 Å². The van der Waals surface area contributed by atoms with Gasteiger partial charge in [0.2, 0.25) is 0 Å². The average Bonchev–Trinajstić information content (AvgIpc) is 2.44. The van der Waals surface area contributed by atoms with Crippen molar-refractivity contribution in [1.29, 1.82) is 0 Å². The first kappa shape index (κ1) is 21.7. The van der Waals surface area contributed by atoms with E-state index in [2.05, 4.69) is 26.5 Å². The highest BCUT2D eigenvalue weighted by Crippen LogP contribution is 2.21. The van der Waals surface area contributed by atoms with Crippen LogP contribution in [0.5, 0.6) is 0 Å². The van der Waals surface area contributed by atoms with Gasteiger partial charge in [-0.05, 0) is 30.6 Å². The van der Waals surface area contributed by atoms with E-state index in [9.17, 15) is 4.79 Å². The van der Waals surface area contributed by atoms with Crippen molar-refractivity contribution < 1.29 is 14.3 Å². The van der Waals surface area contributed by atoms with E-state index in [0.29, 0.717) is 32.8 Å². The number of unbranched alkanes of at least 4 members (excludes halogenated alkanes) is 1. The van der Waals surface area contributed by atoms with Gasteiger partial charge in [-0.15, -0.1) is 0 Å². The number of rotatable bonds is 12. The molecule has 0 aromatic carbocycles. The second-order valence-corrected chi connectivity index (χ2v) is 7.79. The minimum absolute atomic E-state index is 0.0429. The molecule has 0 rings (SSSR count). The molecule has 0 fully saturated rings. The Bertz CT molecular complexity index is 323. The van der Waals surface area contributed by atoms with Crippen LogP contribution in [-0.4, -0.2) is 44.1 Å². The quantitative estimate of drug-likeness (QED) is 0.289. The summed E-state index contributed by atoms with van der Waals surface area (Å²) in [4.78, 5) is 11.8. The smallest absolute Gasteiger partial charge is 0.322 e. The molecule has 0 saturated heterocycles. The number of hydrogen-bond acceptors (Lipinski definition) is 6. The van der Waals surface area contributed by atoms with E-state index in [4.69, 9.17) is 20.9 Å². The normalized spacial score (nSPS) is 14.0. The van der Waals surface area contributed by atoms with Crippen LogP contribution in [0.25, 0.3) is 0 Å². The summed E-state index contributed by atoms with van der Waals surface area (Å²) in [5.74, 6) is 0.417. The molecule has 1 atom stereocenters. The van der Waals surface area contributed by atoms with Gasteiger partial charge in [-0.3, -0.25) is 4.79 Å². The van der Waals surface area contributed by atoms with Gasteiger partial charge in [0, 0.05) is 5.41 Å². The highest BCUT2D eigenvalue weighted by atomic mass is 32.1. The van der Waals surface area contributed by atoms with Gasteiger partial charge in [0.1, 0.15) is 6.04 Å². The predicted octanol–water partition coefficient (Wildman–Crippen LogP) is 1.98. The van der Waals surface area contributed by atoms with Gasteiger partial charge in [-0.1, -0.05) is 34.1 Å². The predicted molar refractivity (Wildman–Crippen MR) is 94.1 cm³/mol. The Morgan fingerprint density at radius 2 is 1.68 bits per heavy atom. The summed E-state index contributed by atoms with van der Waals surface area (Å²) in [6, 6.07) is -0.564. The van der Waals surface area contributed by atoms with Crippen molar-refractivity contribution in [3.63, 3.8) is 0 Å². The van der Waals surface area contributed by atoms with Crippen LogP contribution in [0, 0.1) is 10.8 Å². The lowest BCUT2D eigenvalue weighted by atomic mass is 9.95. The van der Waals surface area contributed by atoms with Crippen LogP contribution in [0.4, 0.5) is 0 Å². The van der Waals surface area contributed by atoms with E-state index in [1.807, 2.05) is 13.8 Å². The Labute approximate surface area is 140 Å². The molecule has 0 aliphatic rings.